The van der Waals surface area contributed by atoms with Gasteiger partial charge in [0.05, 0.1) is 0 Å². The molecule has 3 rings (SSSR count). The van der Waals surface area contributed by atoms with E-state index in [2.05, 4.69) is 6.08 Å². The zero-order valence-corrected chi connectivity index (χ0v) is 11.5. The summed E-state index contributed by atoms with van der Waals surface area (Å²) < 4.78 is 0. The van der Waals surface area contributed by atoms with Crippen molar-refractivity contribution in [3.05, 3.63) is 11.6 Å². The maximum Gasteiger partial charge on any atom is 0.161 e. The monoisotopic (exact) mass is 246 g/mol. The highest BCUT2D eigenvalue weighted by molar-refractivity contribution is 5.97. The van der Waals surface area contributed by atoms with Crippen LogP contribution in [0.4, 0.5) is 0 Å². The Labute approximate surface area is 111 Å². The number of Topliss-reactive ketones (excluding diaryl/α,β-unsaturated/α-hetero) is 1. The van der Waals surface area contributed by atoms with E-state index in [9.17, 15) is 4.79 Å². The molecule has 3 aliphatic rings. The van der Waals surface area contributed by atoms with E-state index < -0.39 is 0 Å². The highest BCUT2D eigenvalue weighted by Crippen LogP contribution is 2.43. The Morgan fingerprint density at radius 3 is 2.56 bits per heavy atom. The number of allylic oxidation sites excluding steroid dienone is 2. The lowest BCUT2D eigenvalue weighted by Crippen LogP contribution is -2.32. The van der Waals surface area contributed by atoms with Crippen molar-refractivity contribution in [2.75, 3.05) is 0 Å². The Kier molecular flexibility index (Phi) is 3.86. The summed E-state index contributed by atoms with van der Waals surface area (Å²) >= 11 is 0. The van der Waals surface area contributed by atoms with E-state index >= 15 is 0 Å². The van der Waals surface area contributed by atoms with Crippen molar-refractivity contribution in [3.8, 4) is 0 Å². The number of carbonyl (C=O) groups is 1. The second kappa shape index (κ2) is 5.59. The summed E-state index contributed by atoms with van der Waals surface area (Å²) in [7, 11) is 0. The van der Waals surface area contributed by atoms with Crippen molar-refractivity contribution >= 4 is 5.78 Å². The molecule has 0 radical (unpaired) electrons. The van der Waals surface area contributed by atoms with Crippen molar-refractivity contribution in [1.29, 1.82) is 0 Å². The lowest BCUT2D eigenvalue weighted by Gasteiger charge is -2.39. The molecule has 0 aliphatic heterocycles. The highest BCUT2D eigenvalue weighted by Gasteiger charge is 2.35. The zero-order valence-electron chi connectivity index (χ0n) is 11.5. The van der Waals surface area contributed by atoms with Crippen LogP contribution in [-0.2, 0) is 4.79 Å². The molecular formula is C17H26O. The molecule has 0 heterocycles. The third-order valence-corrected chi connectivity index (χ3v) is 5.52. The van der Waals surface area contributed by atoms with Crippen LogP contribution in [-0.4, -0.2) is 5.78 Å². The van der Waals surface area contributed by atoms with Gasteiger partial charge < -0.3 is 0 Å². The number of ketones is 1. The first-order valence-electron chi connectivity index (χ1n) is 8.08. The first-order chi connectivity index (χ1) is 8.84. The highest BCUT2D eigenvalue weighted by atomic mass is 16.1. The number of fused-ring (bicyclic) bond motifs is 1. The van der Waals surface area contributed by atoms with Crippen LogP contribution in [0.5, 0.6) is 0 Å². The molecule has 18 heavy (non-hydrogen) atoms. The van der Waals surface area contributed by atoms with E-state index in [1.54, 1.807) is 0 Å². The van der Waals surface area contributed by atoms with E-state index in [4.69, 9.17) is 0 Å². The van der Waals surface area contributed by atoms with Gasteiger partial charge in [0.1, 0.15) is 0 Å². The van der Waals surface area contributed by atoms with Gasteiger partial charge in [-0.1, -0.05) is 31.8 Å². The van der Waals surface area contributed by atoms with Crippen LogP contribution in [0.25, 0.3) is 0 Å². The fourth-order valence-electron chi connectivity index (χ4n) is 4.44. The summed E-state index contributed by atoms with van der Waals surface area (Å²) in [5.41, 5.74) is 1.18. The Morgan fingerprint density at radius 2 is 1.78 bits per heavy atom. The molecule has 0 aromatic heterocycles. The van der Waals surface area contributed by atoms with Crippen LogP contribution in [0, 0.1) is 17.8 Å². The molecule has 0 aromatic carbocycles. The first-order valence-corrected chi connectivity index (χ1v) is 8.08. The van der Waals surface area contributed by atoms with Gasteiger partial charge in [0.2, 0.25) is 0 Å². The first kappa shape index (κ1) is 12.4. The second-order valence-electron chi connectivity index (χ2n) is 6.65. The molecule has 2 fully saturated rings. The largest absolute Gasteiger partial charge is 0.294 e. The van der Waals surface area contributed by atoms with Crippen LogP contribution >= 0.6 is 0 Å². The molecular weight excluding hydrogens is 220 g/mol. The van der Waals surface area contributed by atoms with E-state index in [0.29, 0.717) is 11.7 Å². The SMILES string of the molecule is O=C(C1=CCCCC1)C1CCC2CCCCC2C1. The Balaban J connectivity index is 1.63. The molecule has 0 bridgehead atoms. The summed E-state index contributed by atoms with van der Waals surface area (Å²) in [5.74, 6) is 2.75. The number of carbonyl (C=O) groups excluding carboxylic acids is 1. The van der Waals surface area contributed by atoms with Gasteiger partial charge >= 0.3 is 0 Å². The average Bonchev–Trinajstić information content (AvgIpc) is 2.47. The van der Waals surface area contributed by atoms with Crippen molar-refractivity contribution in [2.24, 2.45) is 17.8 Å². The summed E-state index contributed by atoms with van der Waals surface area (Å²) in [6.45, 7) is 0. The Bertz CT molecular complexity index is 342. The molecule has 1 heteroatoms. The van der Waals surface area contributed by atoms with E-state index in [1.165, 1.54) is 63.4 Å². The van der Waals surface area contributed by atoms with Gasteiger partial charge in [-0.25, -0.2) is 0 Å². The number of hydrogen-bond donors (Lipinski definition) is 0. The van der Waals surface area contributed by atoms with Crippen molar-refractivity contribution in [2.45, 2.75) is 70.6 Å². The van der Waals surface area contributed by atoms with Gasteiger partial charge in [0.25, 0.3) is 0 Å². The molecule has 0 N–H and O–H groups in total. The summed E-state index contributed by atoms with van der Waals surface area (Å²) in [4.78, 5) is 12.6. The van der Waals surface area contributed by atoms with Gasteiger partial charge in [0, 0.05) is 5.92 Å². The summed E-state index contributed by atoms with van der Waals surface area (Å²) in [6, 6.07) is 0. The molecule has 0 saturated heterocycles. The standard InChI is InChI=1S/C17H26O/c18-17(14-7-2-1-3-8-14)16-11-10-13-6-4-5-9-15(13)12-16/h7,13,15-16H,1-6,8-12H2. The van der Waals surface area contributed by atoms with E-state index in [0.717, 1.165) is 24.7 Å². The summed E-state index contributed by atoms with van der Waals surface area (Å²) in [6.07, 6.45) is 16.3. The summed E-state index contributed by atoms with van der Waals surface area (Å²) in [5, 5.41) is 0. The quantitative estimate of drug-likeness (QED) is 0.692. The van der Waals surface area contributed by atoms with E-state index in [-0.39, 0.29) is 0 Å². The minimum absolute atomic E-state index is 0.383. The van der Waals surface area contributed by atoms with Gasteiger partial charge in [-0.3, -0.25) is 4.79 Å². The lowest BCUT2D eigenvalue weighted by atomic mass is 9.66. The van der Waals surface area contributed by atoms with Crippen LogP contribution < -0.4 is 0 Å². The number of hydrogen-bond acceptors (Lipinski definition) is 1. The molecule has 2 saturated carbocycles. The van der Waals surface area contributed by atoms with Crippen molar-refractivity contribution < 1.29 is 4.79 Å². The normalized spacial score (nSPS) is 36.7. The molecule has 3 aliphatic carbocycles. The van der Waals surface area contributed by atoms with Crippen LogP contribution in [0.3, 0.4) is 0 Å². The minimum atomic E-state index is 0.383. The molecule has 0 spiro atoms. The van der Waals surface area contributed by atoms with Crippen LogP contribution in [0.2, 0.25) is 0 Å². The number of rotatable bonds is 2. The minimum Gasteiger partial charge on any atom is -0.294 e. The van der Waals surface area contributed by atoms with Gasteiger partial charge in [-0.05, 0) is 62.4 Å². The van der Waals surface area contributed by atoms with Gasteiger partial charge in [-0.15, -0.1) is 0 Å². The zero-order chi connectivity index (χ0) is 12.4. The second-order valence-corrected chi connectivity index (χ2v) is 6.65. The molecule has 0 aromatic rings. The fourth-order valence-corrected chi connectivity index (χ4v) is 4.44. The van der Waals surface area contributed by atoms with Gasteiger partial charge in [0.15, 0.2) is 5.78 Å². The fraction of sp³-hybridized carbons (Fsp3) is 0.824. The van der Waals surface area contributed by atoms with Crippen molar-refractivity contribution in [3.63, 3.8) is 0 Å². The van der Waals surface area contributed by atoms with Gasteiger partial charge in [-0.2, -0.15) is 0 Å². The molecule has 3 atom stereocenters. The lowest BCUT2D eigenvalue weighted by molar-refractivity contribution is -0.121. The maximum absolute atomic E-state index is 12.6. The Morgan fingerprint density at radius 1 is 0.944 bits per heavy atom. The predicted molar refractivity (Wildman–Crippen MR) is 74.3 cm³/mol. The topological polar surface area (TPSA) is 17.1 Å². The smallest absolute Gasteiger partial charge is 0.161 e. The predicted octanol–water partition coefficient (Wildman–Crippen LogP) is 4.66. The van der Waals surface area contributed by atoms with Crippen LogP contribution in [0.15, 0.2) is 11.6 Å². The molecule has 3 unspecified atom stereocenters. The van der Waals surface area contributed by atoms with E-state index in [1.807, 2.05) is 0 Å². The average molecular weight is 246 g/mol. The Hall–Kier alpha value is -0.590. The molecule has 0 amide bonds. The maximum atomic E-state index is 12.6. The van der Waals surface area contributed by atoms with Crippen molar-refractivity contribution in [1.82, 2.24) is 0 Å². The molecule has 1 nitrogen and oxygen atoms in total. The van der Waals surface area contributed by atoms with Crippen LogP contribution in [0.1, 0.15) is 70.6 Å². The third kappa shape index (κ3) is 2.55. The molecule has 100 valence electrons. The third-order valence-electron chi connectivity index (χ3n) is 5.52.